The van der Waals surface area contributed by atoms with Crippen molar-refractivity contribution in [2.24, 2.45) is 34.5 Å². The molecule has 13 atom stereocenters. The van der Waals surface area contributed by atoms with Gasteiger partial charge in [0.25, 0.3) is 0 Å². The Labute approximate surface area is 259 Å². The molecule has 6 N–H and O–H groups in total. The molecule has 0 radical (unpaired) electrons. The SMILES string of the molecule is CC(C)[C@@](C)(O)C[C@H]1O[C@H](c2ccc(O)cc2)O[C@]1(C)[C@H]1CC[C@@]2(O)C3=CC(=O)[C@@H]4C[C@@H](O)[C@@H](O)C[C@]4(C)[C@H]3[C@H](O)C[C@]12C. The standard InChI is InChI=1S/C35H50O9/c1-18(2)33(5,41)17-28-34(6,44-30(43-28)19-7-9-20(36)10-8-19)27-11-12-35(42)22-14-23(37)21-13-24(38)25(39)15-31(21,3)29(22)26(40)16-32(27,35)4/h7-10,14,18,21,24-30,36,38-42H,11-13,15-17H2,1-6H3/t21-,24+,25-,26+,27-,28+,29+,30-,31-,32+,33-,34+,35+/m0/s1. The number of benzene rings is 1. The number of carbonyl (C=O) groups excluding carboxylic acids is 1. The molecule has 44 heavy (non-hydrogen) atoms. The molecule has 0 amide bonds. The van der Waals surface area contributed by atoms with Crippen LogP contribution in [0.3, 0.4) is 0 Å². The molecule has 0 bridgehead atoms. The first-order chi connectivity index (χ1) is 20.4. The highest BCUT2D eigenvalue weighted by atomic mass is 16.7. The summed E-state index contributed by atoms with van der Waals surface area (Å²) in [6.07, 6.45) is -0.980. The molecule has 4 aliphatic carbocycles. The predicted molar refractivity (Wildman–Crippen MR) is 161 cm³/mol. The fraction of sp³-hybridized carbons (Fsp3) is 0.743. The largest absolute Gasteiger partial charge is 0.508 e. The first-order valence-electron chi connectivity index (χ1n) is 16.2. The Morgan fingerprint density at radius 1 is 1.02 bits per heavy atom. The molecule has 9 nitrogen and oxygen atoms in total. The summed E-state index contributed by atoms with van der Waals surface area (Å²) in [5, 5.41) is 67.1. The van der Waals surface area contributed by atoms with Crippen molar-refractivity contribution in [1.82, 2.24) is 0 Å². The van der Waals surface area contributed by atoms with Crippen LogP contribution in [0.5, 0.6) is 5.75 Å². The lowest BCUT2D eigenvalue weighted by molar-refractivity contribution is -0.191. The second kappa shape index (κ2) is 10.3. The van der Waals surface area contributed by atoms with Crippen molar-refractivity contribution in [2.75, 3.05) is 0 Å². The van der Waals surface area contributed by atoms with Crippen LogP contribution in [0.2, 0.25) is 0 Å². The second-order valence-electron chi connectivity index (χ2n) is 15.8. The van der Waals surface area contributed by atoms with Gasteiger partial charge in [0.2, 0.25) is 0 Å². The van der Waals surface area contributed by atoms with Crippen LogP contribution in [-0.2, 0) is 14.3 Å². The maximum absolute atomic E-state index is 13.6. The highest BCUT2D eigenvalue weighted by Gasteiger charge is 2.72. The average Bonchev–Trinajstić information content (AvgIpc) is 3.39. The van der Waals surface area contributed by atoms with E-state index in [9.17, 15) is 35.4 Å². The summed E-state index contributed by atoms with van der Waals surface area (Å²) < 4.78 is 13.4. The Morgan fingerprint density at radius 2 is 1.68 bits per heavy atom. The lowest BCUT2D eigenvalue weighted by Crippen LogP contribution is -2.66. The van der Waals surface area contributed by atoms with E-state index in [0.29, 0.717) is 18.4 Å². The quantitative estimate of drug-likeness (QED) is 0.292. The number of rotatable bonds is 5. The van der Waals surface area contributed by atoms with E-state index in [0.717, 1.165) is 5.56 Å². The number of aliphatic hydroxyl groups is 5. The molecule has 1 aromatic carbocycles. The molecule has 1 aromatic rings. The van der Waals surface area contributed by atoms with E-state index >= 15 is 0 Å². The molecular formula is C35H50O9. The number of fused-ring (bicyclic) bond motifs is 5. The van der Waals surface area contributed by atoms with Gasteiger partial charge < -0.3 is 40.1 Å². The minimum Gasteiger partial charge on any atom is -0.508 e. The van der Waals surface area contributed by atoms with Gasteiger partial charge in [-0.05, 0) is 87.0 Å². The number of aromatic hydroxyl groups is 1. The van der Waals surface area contributed by atoms with Gasteiger partial charge in [0.05, 0.1) is 41.2 Å². The zero-order valence-electron chi connectivity index (χ0n) is 26.7. The number of ketones is 1. The second-order valence-corrected chi connectivity index (χ2v) is 15.8. The molecule has 0 unspecified atom stereocenters. The van der Waals surface area contributed by atoms with Crippen LogP contribution in [0.25, 0.3) is 0 Å². The minimum absolute atomic E-state index is 0.0621. The maximum atomic E-state index is 13.6. The number of hydrogen-bond acceptors (Lipinski definition) is 9. The highest BCUT2D eigenvalue weighted by Crippen LogP contribution is 2.70. The molecular weight excluding hydrogens is 564 g/mol. The van der Waals surface area contributed by atoms with E-state index in [2.05, 4.69) is 0 Å². The number of phenols is 1. The van der Waals surface area contributed by atoms with Crippen molar-refractivity contribution < 1.29 is 44.9 Å². The van der Waals surface area contributed by atoms with Crippen LogP contribution < -0.4 is 0 Å². The predicted octanol–water partition coefficient (Wildman–Crippen LogP) is 3.54. The summed E-state index contributed by atoms with van der Waals surface area (Å²) in [6, 6.07) is 6.64. The van der Waals surface area contributed by atoms with Gasteiger partial charge in [-0.25, -0.2) is 0 Å². The third kappa shape index (κ3) is 4.48. The summed E-state index contributed by atoms with van der Waals surface area (Å²) in [7, 11) is 0. The minimum atomic E-state index is -1.42. The molecule has 9 heteroatoms. The van der Waals surface area contributed by atoms with Crippen LogP contribution in [0, 0.1) is 34.5 Å². The maximum Gasteiger partial charge on any atom is 0.185 e. The van der Waals surface area contributed by atoms with Crippen LogP contribution in [0.15, 0.2) is 35.9 Å². The topological polar surface area (TPSA) is 157 Å². The van der Waals surface area contributed by atoms with Crippen LogP contribution >= 0.6 is 0 Å². The van der Waals surface area contributed by atoms with Crippen molar-refractivity contribution in [3.63, 3.8) is 0 Å². The van der Waals surface area contributed by atoms with Crippen LogP contribution in [0.1, 0.15) is 91.9 Å². The van der Waals surface area contributed by atoms with Gasteiger partial charge in [0.15, 0.2) is 12.1 Å². The molecule has 6 rings (SSSR count). The Bertz CT molecular complexity index is 1320. The summed E-state index contributed by atoms with van der Waals surface area (Å²) in [4.78, 5) is 13.6. The fourth-order valence-electron chi connectivity index (χ4n) is 9.97. The van der Waals surface area contributed by atoms with E-state index in [1.165, 1.54) is 6.08 Å². The molecule has 3 saturated carbocycles. The molecule has 0 spiro atoms. The Balaban J connectivity index is 1.40. The van der Waals surface area contributed by atoms with Gasteiger partial charge >= 0.3 is 0 Å². The number of hydrogen-bond donors (Lipinski definition) is 6. The molecule has 5 aliphatic rings. The molecule has 1 saturated heterocycles. The summed E-state index contributed by atoms with van der Waals surface area (Å²) in [5.41, 5.74) is -3.94. The average molecular weight is 615 g/mol. The Morgan fingerprint density at radius 3 is 2.32 bits per heavy atom. The number of allylic oxidation sites excluding steroid dienone is 1. The third-order valence-corrected chi connectivity index (χ3v) is 13.0. The fourth-order valence-corrected chi connectivity index (χ4v) is 9.97. The van der Waals surface area contributed by atoms with Crippen LogP contribution in [0.4, 0.5) is 0 Å². The van der Waals surface area contributed by atoms with Crippen molar-refractivity contribution >= 4 is 5.78 Å². The van der Waals surface area contributed by atoms with E-state index in [-0.39, 0.29) is 49.1 Å². The van der Waals surface area contributed by atoms with Gasteiger partial charge in [-0.2, -0.15) is 0 Å². The zero-order chi connectivity index (χ0) is 32.2. The van der Waals surface area contributed by atoms with E-state index < -0.39 is 70.2 Å². The van der Waals surface area contributed by atoms with Gasteiger partial charge in [-0.3, -0.25) is 4.79 Å². The molecule has 244 valence electrons. The summed E-state index contributed by atoms with van der Waals surface area (Å²) in [6.45, 7) is 11.6. The van der Waals surface area contributed by atoms with E-state index in [1.54, 1.807) is 31.2 Å². The number of ether oxygens (including phenoxy) is 2. The van der Waals surface area contributed by atoms with Gasteiger partial charge in [-0.1, -0.05) is 39.8 Å². The summed E-state index contributed by atoms with van der Waals surface area (Å²) in [5.74, 6) is -1.52. The van der Waals surface area contributed by atoms with Crippen molar-refractivity contribution in [3.05, 3.63) is 41.5 Å². The molecule has 4 fully saturated rings. The van der Waals surface area contributed by atoms with E-state index in [1.807, 2.05) is 34.6 Å². The van der Waals surface area contributed by atoms with E-state index in [4.69, 9.17) is 9.47 Å². The lowest BCUT2D eigenvalue weighted by atomic mass is 9.44. The lowest BCUT2D eigenvalue weighted by Gasteiger charge is -2.62. The molecule has 0 aromatic heterocycles. The Hall–Kier alpha value is -1.85. The van der Waals surface area contributed by atoms with Gasteiger partial charge in [0, 0.05) is 29.2 Å². The smallest absolute Gasteiger partial charge is 0.185 e. The monoisotopic (exact) mass is 614 g/mol. The zero-order valence-corrected chi connectivity index (χ0v) is 26.7. The first-order valence-corrected chi connectivity index (χ1v) is 16.2. The first kappa shape index (κ1) is 32.1. The van der Waals surface area contributed by atoms with Crippen molar-refractivity contribution in [2.45, 2.75) is 128 Å². The number of phenolic OH excluding ortho intramolecular Hbond substituents is 1. The summed E-state index contributed by atoms with van der Waals surface area (Å²) >= 11 is 0. The number of carbonyl (C=O) groups is 1. The molecule has 1 aliphatic heterocycles. The van der Waals surface area contributed by atoms with Gasteiger partial charge in [-0.15, -0.1) is 0 Å². The highest BCUT2D eigenvalue weighted by molar-refractivity contribution is 5.95. The van der Waals surface area contributed by atoms with Crippen LogP contribution in [-0.4, -0.2) is 77.6 Å². The third-order valence-electron chi connectivity index (χ3n) is 13.0. The van der Waals surface area contributed by atoms with Crippen molar-refractivity contribution in [1.29, 1.82) is 0 Å². The van der Waals surface area contributed by atoms with Gasteiger partial charge in [0.1, 0.15) is 5.75 Å². The Kier molecular flexibility index (Phi) is 7.53. The molecule has 1 heterocycles. The number of aliphatic hydroxyl groups excluding tert-OH is 3. The van der Waals surface area contributed by atoms with Crippen molar-refractivity contribution in [3.8, 4) is 5.75 Å². The normalized spacial score (nSPS) is 48.4.